The summed E-state index contributed by atoms with van der Waals surface area (Å²) < 4.78 is 67.1. The lowest BCUT2D eigenvalue weighted by atomic mass is 10.1. The zero-order valence-electron chi connectivity index (χ0n) is 16.4. The summed E-state index contributed by atoms with van der Waals surface area (Å²) in [6.07, 6.45) is 0. The first-order chi connectivity index (χ1) is 15.1. The SMILES string of the molecule is O=S(=O)(O)c1cc(S(=O)(=O)O)c2c(Nc3ccccc3)cc(Nc3ccccc3)cc2c1. The summed E-state index contributed by atoms with van der Waals surface area (Å²) in [5.41, 5.74) is 2.22. The van der Waals surface area contributed by atoms with Crippen molar-refractivity contribution in [2.24, 2.45) is 0 Å². The highest BCUT2D eigenvalue weighted by Gasteiger charge is 2.23. The molecule has 0 bridgehead atoms. The molecule has 8 nitrogen and oxygen atoms in total. The average molecular weight is 471 g/mol. The van der Waals surface area contributed by atoms with Crippen molar-refractivity contribution >= 4 is 53.8 Å². The van der Waals surface area contributed by atoms with E-state index < -0.39 is 30.0 Å². The molecule has 0 radical (unpaired) electrons. The van der Waals surface area contributed by atoms with E-state index in [0.29, 0.717) is 17.1 Å². The zero-order valence-corrected chi connectivity index (χ0v) is 18.1. The van der Waals surface area contributed by atoms with E-state index in [1.165, 1.54) is 6.07 Å². The molecule has 0 aromatic heterocycles. The van der Waals surface area contributed by atoms with Gasteiger partial charge in [0.1, 0.15) is 4.90 Å². The van der Waals surface area contributed by atoms with E-state index in [-0.39, 0.29) is 10.8 Å². The highest BCUT2D eigenvalue weighted by molar-refractivity contribution is 7.86. The van der Waals surface area contributed by atoms with Crippen molar-refractivity contribution in [3.63, 3.8) is 0 Å². The Bertz CT molecular complexity index is 1500. The van der Waals surface area contributed by atoms with E-state index in [0.717, 1.165) is 17.8 Å². The highest BCUT2D eigenvalue weighted by atomic mass is 32.2. The zero-order chi connectivity index (χ0) is 22.9. The van der Waals surface area contributed by atoms with Crippen molar-refractivity contribution in [1.29, 1.82) is 0 Å². The van der Waals surface area contributed by atoms with Gasteiger partial charge in [0, 0.05) is 28.1 Å². The van der Waals surface area contributed by atoms with Gasteiger partial charge in [-0.2, -0.15) is 16.8 Å². The van der Waals surface area contributed by atoms with E-state index in [4.69, 9.17) is 0 Å². The van der Waals surface area contributed by atoms with Gasteiger partial charge in [0.25, 0.3) is 20.2 Å². The van der Waals surface area contributed by atoms with Gasteiger partial charge in [0.05, 0.1) is 4.90 Å². The molecule has 4 aromatic carbocycles. The number of rotatable bonds is 6. The molecule has 0 aliphatic rings. The summed E-state index contributed by atoms with van der Waals surface area (Å²) in [5, 5.41) is 6.54. The van der Waals surface area contributed by atoms with Crippen molar-refractivity contribution < 1.29 is 25.9 Å². The molecule has 4 aromatic rings. The van der Waals surface area contributed by atoms with Gasteiger partial charge in [0.2, 0.25) is 0 Å². The van der Waals surface area contributed by atoms with E-state index in [9.17, 15) is 25.9 Å². The largest absolute Gasteiger partial charge is 0.355 e. The van der Waals surface area contributed by atoms with Crippen LogP contribution in [0.1, 0.15) is 0 Å². The standard InChI is InChI=1S/C22H18N2O6S2/c25-31(26,27)19-12-15-11-18(23-16-7-3-1-4-8-16)13-20(24-17-9-5-2-6-10-17)22(15)21(14-19)32(28,29)30/h1-14,23-24H,(H,25,26,27)(H,28,29,30). The van der Waals surface area contributed by atoms with Crippen LogP contribution in [0.3, 0.4) is 0 Å². The monoisotopic (exact) mass is 470 g/mol. The van der Waals surface area contributed by atoms with Crippen LogP contribution in [-0.4, -0.2) is 25.9 Å². The third-order valence-corrected chi connectivity index (χ3v) is 6.39. The molecule has 0 unspecified atom stereocenters. The van der Waals surface area contributed by atoms with Crippen LogP contribution in [0.4, 0.5) is 22.7 Å². The predicted octanol–water partition coefficient (Wildman–Crippen LogP) is 4.82. The fourth-order valence-corrected chi connectivity index (χ4v) is 4.72. The number of para-hydroxylation sites is 2. The fourth-order valence-electron chi connectivity index (χ4n) is 3.34. The minimum Gasteiger partial charge on any atom is -0.355 e. The van der Waals surface area contributed by atoms with Crippen molar-refractivity contribution in [2.45, 2.75) is 9.79 Å². The van der Waals surface area contributed by atoms with Crippen molar-refractivity contribution in [3.8, 4) is 0 Å². The van der Waals surface area contributed by atoms with Crippen LogP contribution in [0.15, 0.2) is 94.7 Å². The van der Waals surface area contributed by atoms with E-state index >= 15 is 0 Å². The summed E-state index contributed by atoms with van der Waals surface area (Å²) in [5.74, 6) is 0. The molecule has 4 N–H and O–H groups in total. The van der Waals surface area contributed by atoms with Gasteiger partial charge in [0.15, 0.2) is 0 Å². The van der Waals surface area contributed by atoms with Crippen LogP contribution < -0.4 is 10.6 Å². The smallest absolute Gasteiger partial charge is 0.295 e. The van der Waals surface area contributed by atoms with Crippen LogP contribution in [0.2, 0.25) is 0 Å². The van der Waals surface area contributed by atoms with Gasteiger partial charge >= 0.3 is 0 Å². The van der Waals surface area contributed by atoms with Crippen LogP contribution in [0.25, 0.3) is 10.8 Å². The molecule has 0 saturated heterocycles. The Kier molecular flexibility index (Phi) is 5.61. The summed E-state index contributed by atoms with van der Waals surface area (Å²) >= 11 is 0. The van der Waals surface area contributed by atoms with E-state index in [2.05, 4.69) is 10.6 Å². The molecule has 0 fully saturated rings. The van der Waals surface area contributed by atoms with Gasteiger partial charge < -0.3 is 10.6 Å². The predicted molar refractivity (Wildman–Crippen MR) is 123 cm³/mol. The quantitative estimate of drug-likeness (QED) is 0.295. The normalized spacial score (nSPS) is 11.9. The Labute approximate surface area is 185 Å². The number of anilines is 4. The molecule has 0 spiro atoms. The molecule has 0 atom stereocenters. The van der Waals surface area contributed by atoms with E-state index in [1.807, 2.05) is 36.4 Å². The maximum Gasteiger partial charge on any atom is 0.295 e. The maximum absolute atomic E-state index is 12.1. The van der Waals surface area contributed by atoms with Crippen LogP contribution in [0.5, 0.6) is 0 Å². The first-order valence-electron chi connectivity index (χ1n) is 9.32. The maximum atomic E-state index is 12.1. The van der Waals surface area contributed by atoms with Gasteiger partial charge in [-0.05, 0) is 53.9 Å². The van der Waals surface area contributed by atoms with Gasteiger partial charge in [-0.15, -0.1) is 0 Å². The number of hydrogen-bond acceptors (Lipinski definition) is 6. The lowest BCUT2D eigenvalue weighted by molar-refractivity contribution is 0.482. The second-order valence-corrected chi connectivity index (χ2v) is 9.79. The fraction of sp³-hybridized carbons (Fsp3) is 0. The molecule has 164 valence electrons. The summed E-state index contributed by atoms with van der Waals surface area (Å²) in [6.45, 7) is 0. The molecule has 0 saturated carbocycles. The van der Waals surface area contributed by atoms with Gasteiger partial charge in [-0.1, -0.05) is 36.4 Å². The number of benzene rings is 4. The third kappa shape index (κ3) is 4.73. The minimum absolute atomic E-state index is 0.0716. The summed E-state index contributed by atoms with van der Waals surface area (Å²) in [4.78, 5) is -1.30. The first kappa shape index (κ1) is 21.8. The average Bonchev–Trinajstić information content (AvgIpc) is 2.73. The third-order valence-electron chi connectivity index (χ3n) is 4.68. The van der Waals surface area contributed by atoms with Crippen LogP contribution in [-0.2, 0) is 20.2 Å². The van der Waals surface area contributed by atoms with Crippen molar-refractivity contribution in [3.05, 3.63) is 84.9 Å². The number of nitrogens with one attached hydrogen (secondary N) is 2. The summed E-state index contributed by atoms with van der Waals surface area (Å²) in [7, 11) is -9.57. The lowest BCUT2D eigenvalue weighted by Crippen LogP contribution is -2.06. The minimum atomic E-state index is -4.83. The molecule has 4 rings (SSSR count). The number of hydrogen-bond donors (Lipinski definition) is 4. The van der Waals surface area contributed by atoms with Crippen molar-refractivity contribution in [1.82, 2.24) is 0 Å². The Morgan fingerprint density at radius 1 is 0.594 bits per heavy atom. The first-order valence-corrected chi connectivity index (χ1v) is 12.2. The molecule has 10 heteroatoms. The Balaban J connectivity index is 2.02. The van der Waals surface area contributed by atoms with Gasteiger partial charge in [-0.25, -0.2) is 0 Å². The molecular formula is C22H18N2O6S2. The Morgan fingerprint density at radius 3 is 1.69 bits per heavy atom. The second-order valence-electron chi connectivity index (χ2n) is 6.98. The summed E-state index contributed by atoms with van der Waals surface area (Å²) in [6, 6.07) is 23.1. The lowest BCUT2D eigenvalue weighted by Gasteiger charge is -2.17. The van der Waals surface area contributed by atoms with E-state index in [1.54, 1.807) is 30.3 Å². The Hall–Kier alpha value is -3.44. The Morgan fingerprint density at radius 2 is 1.16 bits per heavy atom. The molecular weight excluding hydrogens is 452 g/mol. The molecule has 0 heterocycles. The topological polar surface area (TPSA) is 133 Å². The molecule has 0 amide bonds. The van der Waals surface area contributed by atoms with Crippen LogP contribution in [0, 0.1) is 0 Å². The van der Waals surface area contributed by atoms with Gasteiger partial charge in [-0.3, -0.25) is 9.11 Å². The molecule has 32 heavy (non-hydrogen) atoms. The second kappa shape index (κ2) is 8.24. The van der Waals surface area contributed by atoms with Crippen LogP contribution >= 0.6 is 0 Å². The number of fused-ring (bicyclic) bond motifs is 1. The highest BCUT2D eigenvalue weighted by Crippen LogP contribution is 2.37. The van der Waals surface area contributed by atoms with Crippen molar-refractivity contribution in [2.75, 3.05) is 10.6 Å². The molecule has 0 aliphatic heterocycles. The molecule has 0 aliphatic carbocycles.